The van der Waals surface area contributed by atoms with Crippen molar-refractivity contribution >= 4 is 5.97 Å². The number of carboxylic acid groups (broad SMARTS) is 1. The van der Waals surface area contributed by atoms with Crippen molar-refractivity contribution < 1.29 is 9.90 Å². The Bertz CT molecular complexity index is 565. The predicted octanol–water partition coefficient (Wildman–Crippen LogP) is 2.50. The van der Waals surface area contributed by atoms with Crippen LogP contribution in [0.25, 0.3) is 5.69 Å². The van der Waals surface area contributed by atoms with Crippen molar-refractivity contribution in [3.05, 3.63) is 46.8 Å². The molecule has 0 atom stereocenters. The van der Waals surface area contributed by atoms with Gasteiger partial charge < -0.3 is 5.11 Å². The normalized spacial score (nSPS) is 10.5. The van der Waals surface area contributed by atoms with Crippen molar-refractivity contribution in [1.82, 2.24) is 9.78 Å². The Hall–Kier alpha value is -2.10. The maximum absolute atomic E-state index is 10.9. The number of hydrogen-bond donors (Lipinski definition) is 1. The number of hydrogen-bond acceptors (Lipinski definition) is 2. The number of rotatable bonds is 2. The minimum Gasteiger partial charge on any atom is -0.476 e. The van der Waals surface area contributed by atoms with Gasteiger partial charge in [0.1, 0.15) is 0 Å². The van der Waals surface area contributed by atoms with Crippen molar-refractivity contribution in [3.63, 3.8) is 0 Å². The largest absolute Gasteiger partial charge is 0.476 e. The van der Waals surface area contributed by atoms with E-state index in [-0.39, 0.29) is 5.69 Å². The van der Waals surface area contributed by atoms with Gasteiger partial charge in [-0.15, -0.1) is 0 Å². The molecule has 0 unspecified atom stereocenters. The van der Waals surface area contributed by atoms with Crippen LogP contribution in [0.1, 0.15) is 27.3 Å². The summed E-state index contributed by atoms with van der Waals surface area (Å²) in [5.41, 5.74) is 4.04. The highest BCUT2D eigenvalue weighted by Crippen LogP contribution is 2.16. The van der Waals surface area contributed by atoms with E-state index in [9.17, 15) is 4.79 Å². The van der Waals surface area contributed by atoms with Crippen molar-refractivity contribution in [3.8, 4) is 5.69 Å². The van der Waals surface area contributed by atoms with Crippen LogP contribution in [0.15, 0.2) is 24.3 Å². The van der Waals surface area contributed by atoms with E-state index in [1.54, 1.807) is 10.7 Å². The van der Waals surface area contributed by atoms with Crippen LogP contribution in [0.5, 0.6) is 0 Å². The zero-order chi connectivity index (χ0) is 12.6. The molecule has 0 fully saturated rings. The Morgan fingerprint density at radius 1 is 1.12 bits per heavy atom. The zero-order valence-electron chi connectivity index (χ0n) is 10.1. The van der Waals surface area contributed by atoms with Gasteiger partial charge in [-0.1, -0.05) is 6.07 Å². The fourth-order valence-electron chi connectivity index (χ4n) is 1.91. The van der Waals surface area contributed by atoms with Gasteiger partial charge >= 0.3 is 5.97 Å². The summed E-state index contributed by atoms with van der Waals surface area (Å²) >= 11 is 0. The molecule has 0 aliphatic rings. The van der Waals surface area contributed by atoms with Crippen LogP contribution in [0.2, 0.25) is 0 Å². The molecule has 1 heterocycles. The van der Waals surface area contributed by atoms with Gasteiger partial charge in [-0.3, -0.25) is 0 Å². The van der Waals surface area contributed by atoms with Gasteiger partial charge in [-0.05, 0) is 50.1 Å². The number of carbonyl (C=O) groups is 1. The summed E-state index contributed by atoms with van der Waals surface area (Å²) in [6.45, 7) is 5.86. The second-order valence-corrected chi connectivity index (χ2v) is 4.23. The lowest BCUT2D eigenvalue weighted by molar-refractivity contribution is 0.0690. The van der Waals surface area contributed by atoms with Gasteiger partial charge in [0.15, 0.2) is 5.69 Å². The van der Waals surface area contributed by atoms with Crippen LogP contribution in [-0.4, -0.2) is 20.9 Å². The van der Waals surface area contributed by atoms with Crippen LogP contribution in [-0.2, 0) is 0 Å². The number of aryl methyl sites for hydroxylation is 3. The number of nitrogens with zero attached hydrogens (tertiary/aromatic N) is 2. The first kappa shape index (κ1) is 11.4. The molecule has 0 aliphatic heterocycles. The number of aromatic carboxylic acids is 1. The molecule has 4 heteroatoms. The summed E-state index contributed by atoms with van der Waals surface area (Å²) < 4.78 is 1.66. The summed E-state index contributed by atoms with van der Waals surface area (Å²) in [6.07, 6.45) is 0. The lowest BCUT2D eigenvalue weighted by Gasteiger charge is -2.06. The summed E-state index contributed by atoms with van der Waals surface area (Å²) in [6, 6.07) is 7.61. The van der Waals surface area contributed by atoms with Gasteiger partial charge in [-0.2, -0.15) is 5.10 Å². The van der Waals surface area contributed by atoms with Gasteiger partial charge in [0.2, 0.25) is 0 Å². The quantitative estimate of drug-likeness (QED) is 0.862. The van der Waals surface area contributed by atoms with Crippen molar-refractivity contribution in [2.45, 2.75) is 20.8 Å². The Labute approximate surface area is 99.5 Å². The molecule has 0 spiro atoms. The summed E-state index contributed by atoms with van der Waals surface area (Å²) in [4.78, 5) is 10.9. The molecule has 1 N–H and O–H groups in total. The first-order chi connectivity index (χ1) is 7.97. The highest BCUT2D eigenvalue weighted by atomic mass is 16.4. The minimum atomic E-state index is -1.00. The average Bonchev–Trinajstić information content (AvgIpc) is 2.59. The van der Waals surface area contributed by atoms with Crippen molar-refractivity contribution in [2.24, 2.45) is 0 Å². The summed E-state index contributed by atoms with van der Waals surface area (Å²) in [5, 5.41) is 13.0. The van der Waals surface area contributed by atoms with Crippen LogP contribution in [0, 0.1) is 20.8 Å². The Kier molecular flexibility index (Phi) is 2.71. The fraction of sp³-hybridized carbons (Fsp3) is 0.231. The van der Waals surface area contributed by atoms with Crippen LogP contribution in [0.4, 0.5) is 0 Å². The van der Waals surface area contributed by atoms with Crippen molar-refractivity contribution in [1.29, 1.82) is 0 Å². The molecule has 88 valence electrons. The molecule has 0 aliphatic carbocycles. The molecule has 0 saturated carbocycles. The molecular weight excluding hydrogens is 216 g/mol. The average molecular weight is 230 g/mol. The van der Waals surface area contributed by atoms with E-state index in [0.29, 0.717) is 0 Å². The molecule has 1 aromatic heterocycles. The SMILES string of the molecule is Cc1cc(C)cc(-n2nc(C(=O)O)cc2C)c1. The summed E-state index contributed by atoms with van der Waals surface area (Å²) in [5.74, 6) is -1.00. The Morgan fingerprint density at radius 2 is 1.71 bits per heavy atom. The van der Waals surface area contributed by atoms with E-state index in [1.165, 1.54) is 0 Å². The fourth-order valence-corrected chi connectivity index (χ4v) is 1.91. The van der Waals surface area contributed by atoms with E-state index in [2.05, 4.69) is 11.2 Å². The maximum Gasteiger partial charge on any atom is 0.356 e. The smallest absolute Gasteiger partial charge is 0.356 e. The van der Waals surface area contributed by atoms with Gasteiger partial charge in [-0.25, -0.2) is 9.48 Å². The number of aromatic nitrogens is 2. The molecule has 0 radical (unpaired) electrons. The monoisotopic (exact) mass is 230 g/mol. The molecule has 17 heavy (non-hydrogen) atoms. The molecule has 1 aromatic carbocycles. The molecule has 2 rings (SSSR count). The van der Waals surface area contributed by atoms with Crippen molar-refractivity contribution in [2.75, 3.05) is 0 Å². The second kappa shape index (κ2) is 4.05. The highest BCUT2D eigenvalue weighted by Gasteiger charge is 2.11. The van der Waals surface area contributed by atoms with Crippen LogP contribution in [0.3, 0.4) is 0 Å². The molecule has 0 bridgehead atoms. The molecule has 2 aromatic rings. The topological polar surface area (TPSA) is 55.1 Å². The van der Waals surface area contributed by atoms with Gasteiger partial charge in [0.05, 0.1) is 5.69 Å². The lowest BCUT2D eigenvalue weighted by atomic mass is 10.1. The number of benzene rings is 1. The second-order valence-electron chi connectivity index (χ2n) is 4.23. The predicted molar refractivity (Wildman–Crippen MR) is 64.7 cm³/mol. The molecule has 0 amide bonds. The minimum absolute atomic E-state index is 0.0710. The van der Waals surface area contributed by atoms with Crippen LogP contribution >= 0.6 is 0 Å². The summed E-state index contributed by atoms with van der Waals surface area (Å²) in [7, 11) is 0. The first-order valence-electron chi connectivity index (χ1n) is 5.36. The van der Waals surface area contributed by atoms with E-state index in [1.807, 2.05) is 32.9 Å². The van der Waals surface area contributed by atoms with E-state index in [0.717, 1.165) is 22.5 Å². The Morgan fingerprint density at radius 3 is 2.18 bits per heavy atom. The highest BCUT2D eigenvalue weighted by molar-refractivity contribution is 5.85. The van der Waals surface area contributed by atoms with E-state index >= 15 is 0 Å². The third-order valence-electron chi connectivity index (χ3n) is 2.56. The molecular formula is C13H14N2O2. The van der Waals surface area contributed by atoms with E-state index in [4.69, 9.17) is 5.11 Å². The molecule has 0 saturated heterocycles. The third kappa shape index (κ3) is 2.20. The lowest BCUT2D eigenvalue weighted by Crippen LogP contribution is -2.02. The third-order valence-corrected chi connectivity index (χ3v) is 2.56. The van der Waals surface area contributed by atoms with Gasteiger partial charge in [0, 0.05) is 5.69 Å². The Balaban J connectivity index is 2.56. The van der Waals surface area contributed by atoms with E-state index < -0.39 is 5.97 Å². The first-order valence-corrected chi connectivity index (χ1v) is 5.36. The zero-order valence-corrected chi connectivity index (χ0v) is 10.1. The molecule has 4 nitrogen and oxygen atoms in total. The number of carboxylic acids is 1. The standard InChI is InChI=1S/C13H14N2O2/c1-8-4-9(2)6-11(5-8)15-10(3)7-12(14-15)13(16)17/h4-7H,1-3H3,(H,16,17). The maximum atomic E-state index is 10.9. The van der Waals surface area contributed by atoms with Gasteiger partial charge in [0.25, 0.3) is 0 Å². The van der Waals surface area contributed by atoms with Crippen LogP contribution < -0.4 is 0 Å².